The molecule has 1 amide bonds. The number of ketones is 1. The second-order valence-corrected chi connectivity index (χ2v) is 12.9. The normalized spacial score (nSPS) is 17.3. The average molecular weight is 612 g/mol. The minimum atomic E-state index is -0.962. The highest BCUT2D eigenvalue weighted by molar-refractivity contribution is 8.15. The summed E-state index contributed by atoms with van der Waals surface area (Å²) in [6.07, 6.45) is 1.53. The van der Waals surface area contributed by atoms with Gasteiger partial charge in [-0.1, -0.05) is 20.4 Å². The van der Waals surface area contributed by atoms with Gasteiger partial charge in [-0.3, -0.25) is 14.6 Å². The number of aliphatic carboxylic acids is 1. The van der Waals surface area contributed by atoms with Gasteiger partial charge in [0.2, 0.25) is 5.91 Å². The van der Waals surface area contributed by atoms with Crippen LogP contribution in [0.4, 0.5) is 4.79 Å². The average Bonchev–Trinajstić information content (AvgIpc) is 3.56. The number of carboxylic acid groups (broad SMARTS) is 1. The highest BCUT2D eigenvalue weighted by atomic mass is 32.2. The van der Waals surface area contributed by atoms with Crippen LogP contribution in [0.2, 0.25) is 0 Å². The van der Waals surface area contributed by atoms with Crippen LogP contribution in [0.15, 0.2) is 58.1 Å². The number of carboxylic acids is 1. The Bertz CT molecular complexity index is 1570. The van der Waals surface area contributed by atoms with Crippen molar-refractivity contribution in [2.75, 3.05) is 26.0 Å². The maximum atomic E-state index is 13.0. The largest absolute Gasteiger partial charge is 0.513 e. The van der Waals surface area contributed by atoms with E-state index >= 15 is 0 Å². The molecule has 1 aliphatic carbocycles. The van der Waals surface area contributed by atoms with Gasteiger partial charge >= 0.3 is 12.1 Å². The smallest absolute Gasteiger partial charge is 0.480 e. The van der Waals surface area contributed by atoms with Gasteiger partial charge in [-0.05, 0) is 60.6 Å². The van der Waals surface area contributed by atoms with Crippen LogP contribution in [0, 0.1) is 5.41 Å². The molecule has 1 N–H and O–H groups in total. The summed E-state index contributed by atoms with van der Waals surface area (Å²) in [7, 11) is 1.69. The molecule has 2 aromatic rings. The number of benzene rings is 1. The molecular weight excluding hydrogens is 578 g/mol. The fourth-order valence-electron chi connectivity index (χ4n) is 4.98. The third kappa shape index (κ3) is 6.99. The monoisotopic (exact) mass is 611 g/mol. The number of carbonyl (C=O) groups excluding carboxylic acids is 3. The Labute approximate surface area is 252 Å². The molecule has 0 saturated heterocycles. The van der Waals surface area contributed by atoms with Crippen molar-refractivity contribution in [1.82, 2.24) is 9.88 Å². The first-order chi connectivity index (χ1) is 19.8. The minimum absolute atomic E-state index is 0.0270. The van der Waals surface area contributed by atoms with E-state index in [1.54, 1.807) is 50.1 Å². The van der Waals surface area contributed by atoms with Crippen molar-refractivity contribution < 1.29 is 33.8 Å². The summed E-state index contributed by atoms with van der Waals surface area (Å²) in [4.78, 5) is 59.2. The zero-order valence-electron chi connectivity index (χ0n) is 24.2. The van der Waals surface area contributed by atoms with Gasteiger partial charge in [-0.15, -0.1) is 23.1 Å². The van der Waals surface area contributed by atoms with Crippen molar-refractivity contribution in [2.45, 2.75) is 46.6 Å². The summed E-state index contributed by atoms with van der Waals surface area (Å²) in [5.41, 5.74) is 2.93. The molecule has 12 heteroatoms. The van der Waals surface area contributed by atoms with Crippen LogP contribution in [-0.2, 0) is 19.1 Å². The molecule has 1 unspecified atom stereocenters. The minimum Gasteiger partial charge on any atom is -0.480 e. The van der Waals surface area contributed by atoms with Crippen LogP contribution in [0.25, 0.3) is 10.2 Å². The van der Waals surface area contributed by atoms with E-state index < -0.39 is 23.6 Å². The predicted octanol–water partition coefficient (Wildman–Crippen LogP) is 5.42. The molecule has 10 nitrogen and oxygen atoms in total. The van der Waals surface area contributed by atoms with E-state index in [9.17, 15) is 19.2 Å². The number of aliphatic imine (C=N–C) groups is 1. The number of thiazole rings is 1. The lowest BCUT2D eigenvalue weighted by Crippen LogP contribution is -2.34. The molecule has 222 valence electrons. The summed E-state index contributed by atoms with van der Waals surface area (Å²) in [6, 6.07) is 4.22. The summed E-state index contributed by atoms with van der Waals surface area (Å²) in [6.45, 7) is 11.9. The SMILES string of the molecule is C=C1C=C(C)C(=O)C(C)=C1C(C)(C)CC(=O)N(C)CCCOC(=O)Oc1ccc2nc(C3=NC(C(=O)O)CS3)sc2c1. The summed E-state index contributed by atoms with van der Waals surface area (Å²) < 4.78 is 11.3. The number of carbonyl (C=O) groups is 4. The number of nitrogens with zero attached hydrogens (tertiary/aromatic N) is 3. The van der Waals surface area contributed by atoms with E-state index in [0.717, 1.165) is 15.8 Å². The highest BCUT2D eigenvalue weighted by Gasteiger charge is 2.34. The molecule has 2 heterocycles. The van der Waals surface area contributed by atoms with Crippen LogP contribution in [0.3, 0.4) is 0 Å². The van der Waals surface area contributed by atoms with Gasteiger partial charge in [0.05, 0.1) is 16.8 Å². The number of thioether (sulfide) groups is 1. The van der Waals surface area contributed by atoms with Crippen LogP contribution >= 0.6 is 23.1 Å². The molecule has 2 aliphatic rings. The van der Waals surface area contributed by atoms with Crippen LogP contribution in [0.1, 0.15) is 45.5 Å². The number of hydrogen-bond acceptors (Lipinski definition) is 10. The van der Waals surface area contributed by atoms with Gasteiger partial charge in [0.25, 0.3) is 0 Å². The number of rotatable bonds is 10. The zero-order chi connectivity index (χ0) is 30.8. The zero-order valence-corrected chi connectivity index (χ0v) is 25.8. The van der Waals surface area contributed by atoms with Gasteiger partial charge in [0.1, 0.15) is 15.8 Å². The molecule has 0 saturated carbocycles. The van der Waals surface area contributed by atoms with E-state index in [1.807, 2.05) is 13.8 Å². The lowest BCUT2D eigenvalue weighted by atomic mass is 9.72. The van der Waals surface area contributed by atoms with Crippen LogP contribution < -0.4 is 4.74 Å². The van der Waals surface area contributed by atoms with Crippen molar-refractivity contribution in [3.8, 4) is 5.75 Å². The van der Waals surface area contributed by atoms with Gasteiger partial charge in [0, 0.05) is 37.4 Å². The Balaban J connectivity index is 1.24. The van der Waals surface area contributed by atoms with Gasteiger partial charge in [-0.25, -0.2) is 14.6 Å². The van der Waals surface area contributed by atoms with Crippen LogP contribution in [-0.4, -0.2) is 75.8 Å². The van der Waals surface area contributed by atoms with E-state index in [1.165, 1.54) is 23.1 Å². The number of amides is 1. The van der Waals surface area contributed by atoms with Crippen LogP contribution in [0.5, 0.6) is 5.75 Å². The topological polar surface area (TPSA) is 135 Å². The molecule has 4 rings (SSSR count). The maximum Gasteiger partial charge on any atom is 0.513 e. The second kappa shape index (κ2) is 12.6. The molecular formula is C30H33N3O7S2. The van der Waals surface area contributed by atoms with Crippen molar-refractivity contribution >= 4 is 62.2 Å². The second-order valence-electron chi connectivity index (χ2n) is 10.9. The maximum absolute atomic E-state index is 13.0. The Morgan fingerprint density at radius 3 is 2.67 bits per heavy atom. The molecule has 0 fully saturated rings. The quantitative estimate of drug-likeness (QED) is 0.212. The van der Waals surface area contributed by atoms with Crippen molar-refractivity contribution in [3.05, 3.63) is 58.2 Å². The van der Waals surface area contributed by atoms with Crippen molar-refractivity contribution in [1.29, 1.82) is 0 Å². The van der Waals surface area contributed by atoms with Gasteiger partial charge in [0.15, 0.2) is 11.8 Å². The number of fused-ring (bicyclic) bond motifs is 1. The molecule has 0 radical (unpaired) electrons. The number of aromatic nitrogens is 1. The van der Waals surface area contributed by atoms with E-state index in [-0.39, 0.29) is 24.7 Å². The standard InChI is InChI=1S/C30H33N3O7S2/c1-16-12-17(2)25(35)18(3)24(16)30(4,5)14-23(34)33(6)10-7-11-39-29(38)40-19-8-9-20-22(13-19)42-27(31-20)26-32-21(15-41-26)28(36)37/h8-9,12-13,21H,1,7,10-11,14-15H2,2-6H3,(H,36,37). The first-order valence-electron chi connectivity index (χ1n) is 13.3. The molecule has 1 aliphatic heterocycles. The third-order valence-electron chi connectivity index (χ3n) is 7.02. The Morgan fingerprint density at radius 2 is 1.98 bits per heavy atom. The lowest BCUT2D eigenvalue weighted by Gasteiger charge is -2.33. The van der Waals surface area contributed by atoms with Crippen molar-refractivity contribution in [3.63, 3.8) is 0 Å². The lowest BCUT2D eigenvalue weighted by molar-refractivity contribution is -0.137. The van der Waals surface area contributed by atoms with Gasteiger partial charge < -0.3 is 19.5 Å². The Morgan fingerprint density at radius 1 is 1.24 bits per heavy atom. The Hall–Kier alpha value is -3.77. The summed E-state index contributed by atoms with van der Waals surface area (Å²) >= 11 is 2.69. The molecule has 0 spiro atoms. The molecule has 1 aromatic heterocycles. The summed E-state index contributed by atoms with van der Waals surface area (Å²) in [5, 5.41) is 10.4. The summed E-state index contributed by atoms with van der Waals surface area (Å²) in [5.74, 6) is -0.417. The molecule has 1 atom stereocenters. The fourth-order valence-corrected chi connectivity index (χ4v) is 7.07. The predicted molar refractivity (Wildman–Crippen MR) is 163 cm³/mol. The highest BCUT2D eigenvalue weighted by Crippen LogP contribution is 2.41. The fraction of sp³-hybridized carbons (Fsp3) is 0.400. The number of Topliss-reactive ketones (excluding diaryl/α,β-unsaturated/α-hetero) is 1. The van der Waals surface area contributed by atoms with E-state index in [0.29, 0.717) is 51.2 Å². The van der Waals surface area contributed by atoms with Gasteiger partial charge in [-0.2, -0.15) is 0 Å². The first-order valence-corrected chi connectivity index (χ1v) is 15.1. The van der Waals surface area contributed by atoms with E-state index in [2.05, 4.69) is 16.6 Å². The molecule has 42 heavy (non-hydrogen) atoms. The first kappa shape index (κ1) is 31.2. The molecule has 0 bridgehead atoms. The molecule has 1 aromatic carbocycles. The third-order valence-corrected chi connectivity index (χ3v) is 9.23. The number of allylic oxidation sites excluding steroid dienone is 5. The number of ether oxygens (including phenoxy) is 2. The van der Waals surface area contributed by atoms with Crippen molar-refractivity contribution in [2.24, 2.45) is 10.4 Å². The Kier molecular flexibility index (Phi) is 9.37. The van der Waals surface area contributed by atoms with E-state index in [4.69, 9.17) is 14.6 Å². The number of hydrogen-bond donors (Lipinski definition) is 1.